The van der Waals surface area contributed by atoms with Gasteiger partial charge in [-0.05, 0) is 20.1 Å². The number of carbonyl (C=O) groups excluding carboxylic acids is 1. The van der Waals surface area contributed by atoms with Crippen LogP contribution in [0.5, 0.6) is 0 Å². The van der Waals surface area contributed by atoms with Crippen LogP contribution < -0.4 is 5.73 Å². The van der Waals surface area contributed by atoms with Gasteiger partial charge in [-0.3, -0.25) is 0 Å². The van der Waals surface area contributed by atoms with Gasteiger partial charge in [0.05, 0.1) is 22.9 Å². The Morgan fingerprint density at radius 2 is 1.96 bits per heavy atom. The van der Waals surface area contributed by atoms with Crippen LogP contribution in [0.4, 0.5) is 5.69 Å². The molecular formula is C17H17N3O2S2. The summed E-state index contributed by atoms with van der Waals surface area (Å²) in [5.74, 6) is -0.421. The highest BCUT2D eigenvalue weighted by Gasteiger charge is 2.23. The van der Waals surface area contributed by atoms with Crippen LogP contribution in [0, 0.1) is 0 Å². The molecule has 5 nitrogen and oxygen atoms in total. The molecule has 124 valence electrons. The number of benzene rings is 1. The van der Waals surface area contributed by atoms with Gasteiger partial charge in [-0.1, -0.05) is 42.1 Å². The highest BCUT2D eigenvalue weighted by molar-refractivity contribution is 7.98. The van der Waals surface area contributed by atoms with Crippen LogP contribution in [-0.2, 0) is 4.74 Å². The third-order valence-electron chi connectivity index (χ3n) is 3.33. The van der Waals surface area contributed by atoms with E-state index in [-0.39, 0.29) is 6.10 Å². The minimum Gasteiger partial charge on any atom is -0.459 e. The highest BCUT2D eigenvalue weighted by atomic mass is 32.2. The van der Waals surface area contributed by atoms with E-state index in [9.17, 15) is 4.79 Å². The van der Waals surface area contributed by atoms with E-state index in [1.54, 1.807) is 0 Å². The van der Waals surface area contributed by atoms with Crippen molar-refractivity contribution >= 4 is 45.0 Å². The molecule has 0 unspecified atom stereocenters. The second kappa shape index (κ2) is 6.78. The lowest BCUT2D eigenvalue weighted by Gasteiger charge is -2.07. The van der Waals surface area contributed by atoms with E-state index in [1.165, 1.54) is 23.1 Å². The van der Waals surface area contributed by atoms with Gasteiger partial charge in [0.15, 0.2) is 5.16 Å². The van der Waals surface area contributed by atoms with Gasteiger partial charge in [0.25, 0.3) is 0 Å². The summed E-state index contributed by atoms with van der Waals surface area (Å²) in [6.45, 7) is 3.62. The molecule has 0 spiro atoms. The standard InChI is InChI=1S/C17H17N3O2S2/c1-9(2)22-16(21)14-12(18)11-13(10-7-5-4-6-8-10)19-17(23-3)20-15(11)24-14/h4-9H,18H2,1-3H3. The van der Waals surface area contributed by atoms with Crippen LogP contribution in [-0.4, -0.2) is 28.3 Å². The van der Waals surface area contributed by atoms with E-state index in [1.807, 2.05) is 50.4 Å². The molecule has 7 heteroatoms. The molecule has 2 N–H and O–H groups in total. The number of thioether (sulfide) groups is 1. The summed E-state index contributed by atoms with van der Waals surface area (Å²) in [5, 5.41) is 1.35. The number of carbonyl (C=O) groups is 1. The molecule has 0 atom stereocenters. The van der Waals surface area contributed by atoms with E-state index in [4.69, 9.17) is 10.5 Å². The van der Waals surface area contributed by atoms with Gasteiger partial charge in [-0.15, -0.1) is 11.3 Å². The zero-order valence-electron chi connectivity index (χ0n) is 13.6. The van der Waals surface area contributed by atoms with Gasteiger partial charge in [-0.2, -0.15) is 0 Å². The zero-order valence-corrected chi connectivity index (χ0v) is 15.2. The molecule has 0 aliphatic heterocycles. The third-order valence-corrected chi connectivity index (χ3v) is 4.95. The summed E-state index contributed by atoms with van der Waals surface area (Å²) in [7, 11) is 0. The first kappa shape index (κ1) is 16.7. The Hall–Kier alpha value is -2.12. The summed E-state index contributed by atoms with van der Waals surface area (Å²) in [5.41, 5.74) is 8.33. The van der Waals surface area contributed by atoms with Crippen LogP contribution in [0.1, 0.15) is 23.5 Å². The van der Waals surface area contributed by atoms with Crippen LogP contribution in [0.2, 0.25) is 0 Å². The summed E-state index contributed by atoms with van der Waals surface area (Å²) < 4.78 is 5.29. The molecule has 24 heavy (non-hydrogen) atoms. The van der Waals surface area contributed by atoms with Gasteiger partial charge in [0, 0.05) is 5.56 Å². The molecule has 0 amide bonds. The van der Waals surface area contributed by atoms with Gasteiger partial charge in [-0.25, -0.2) is 14.8 Å². The lowest BCUT2D eigenvalue weighted by molar-refractivity contribution is 0.0385. The van der Waals surface area contributed by atoms with Gasteiger partial charge >= 0.3 is 5.97 Å². The van der Waals surface area contributed by atoms with Crippen molar-refractivity contribution in [2.24, 2.45) is 0 Å². The average molecular weight is 359 g/mol. The summed E-state index contributed by atoms with van der Waals surface area (Å²) in [6, 6.07) is 9.76. The Labute approximate surface area is 148 Å². The lowest BCUT2D eigenvalue weighted by atomic mass is 10.1. The minimum atomic E-state index is -0.421. The van der Waals surface area contributed by atoms with Crippen molar-refractivity contribution in [3.63, 3.8) is 0 Å². The molecule has 0 bridgehead atoms. The fourth-order valence-corrected chi connectivity index (χ4v) is 3.72. The van der Waals surface area contributed by atoms with Crippen LogP contribution >= 0.6 is 23.1 Å². The number of nitrogen functional groups attached to an aromatic ring is 1. The molecule has 0 aliphatic rings. The molecule has 0 fully saturated rings. The van der Waals surface area contributed by atoms with E-state index >= 15 is 0 Å². The number of fused-ring (bicyclic) bond motifs is 1. The van der Waals surface area contributed by atoms with Crippen LogP contribution in [0.3, 0.4) is 0 Å². The molecule has 2 aromatic heterocycles. The van der Waals surface area contributed by atoms with Crippen molar-refractivity contribution in [3.05, 3.63) is 35.2 Å². The van der Waals surface area contributed by atoms with Crippen molar-refractivity contribution in [3.8, 4) is 11.3 Å². The molecule has 0 aliphatic carbocycles. The molecular weight excluding hydrogens is 342 g/mol. The van der Waals surface area contributed by atoms with Crippen LogP contribution in [0.15, 0.2) is 35.5 Å². The van der Waals surface area contributed by atoms with Crippen molar-refractivity contribution in [1.29, 1.82) is 0 Å². The second-order valence-electron chi connectivity index (χ2n) is 5.40. The minimum absolute atomic E-state index is 0.205. The number of anilines is 1. The first-order valence-electron chi connectivity index (χ1n) is 7.41. The molecule has 0 radical (unpaired) electrons. The first-order chi connectivity index (χ1) is 11.5. The number of hydrogen-bond donors (Lipinski definition) is 1. The fraction of sp³-hybridized carbons (Fsp3) is 0.235. The molecule has 3 aromatic rings. The number of thiophene rings is 1. The van der Waals surface area contributed by atoms with E-state index in [0.717, 1.165) is 11.3 Å². The number of rotatable bonds is 4. The second-order valence-corrected chi connectivity index (χ2v) is 7.18. The van der Waals surface area contributed by atoms with Gasteiger partial charge in [0.1, 0.15) is 9.71 Å². The van der Waals surface area contributed by atoms with Crippen molar-refractivity contribution < 1.29 is 9.53 Å². The van der Waals surface area contributed by atoms with E-state index in [2.05, 4.69) is 9.97 Å². The Kier molecular flexibility index (Phi) is 4.73. The average Bonchev–Trinajstić information content (AvgIpc) is 2.91. The van der Waals surface area contributed by atoms with Crippen molar-refractivity contribution in [1.82, 2.24) is 9.97 Å². The fourth-order valence-electron chi connectivity index (χ4n) is 2.32. The van der Waals surface area contributed by atoms with E-state index in [0.29, 0.717) is 25.9 Å². The predicted molar refractivity (Wildman–Crippen MR) is 99.6 cm³/mol. The number of nitrogens with two attached hydrogens (primary N) is 1. The summed E-state index contributed by atoms with van der Waals surface area (Å²) >= 11 is 2.70. The lowest BCUT2D eigenvalue weighted by Crippen LogP contribution is -2.11. The number of esters is 1. The van der Waals surface area contributed by atoms with Crippen LogP contribution in [0.25, 0.3) is 21.5 Å². The number of hydrogen-bond acceptors (Lipinski definition) is 7. The Balaban J connectivity index is 2.24. The SMILES string of the molecule is CSc1nc(-c2ccccc2)c2c(N)c(C(=O)OC(C)C)sc2n1. The molecule has 0 saturated carbocycles. The van der Waals surface area contributed by atoms with E-state index < -0.39 is 5.97 Å². The number of aromatic nitrogens is 2. The highest BCUT2D eigenvalue weighted by Crippen LogP contribution is 2.39. The molecule has 2 heterocycles. The predicted octanol–water partition coefficient (Wildman–Crippen LogP) is 4.23. The zero-order chi connectivity index (χ0) is 17.3. The first-order valence-corrected chi connectivity index (χ1v) is 9.45. The Bertz CT molecular complexity index is 892. The summed E-state index contributed by atoms with van der Waals surface area (Å²) in [6.07, 6.45) is 1.71. The Morgan fingerprint density at radius 1 is 1.25 bits per heavy atom. The topological polar surface area (TPSA) is 78.1 Å². The monoisotopic (exact) mass is 359 g/mol. The normalized spacial score (nSPS) is 11.2. The van der Waals surface area contributed by atoms with Gasteiger partial charge < -0.3 is 10.5 Å². The molecule has 0 saturated heterocycles. The smallest absolute Gasteiger partial charge is 0.350 e. The maximum absolute atomic E-state index is 12.3. The van der Waals surface area contributed by atoms with Gasteiger partial charge in [0.2, 0.25) is 0 Å². The maximum atomic E-state index is 12.3. The number of nitrogens with zero attached hydrogens (tertiary/aromatic N) is 2. The molecule has 1 aromatic carbocycles. The Morgan fingerprint density at radius 3 is 2.58 bits per heavy atom. The maximum Gasteiger partial charge on any atom is 0.350 e. The third kappa shape index (κ3) is 3.09. The quantitative estimate of drug-likeness (QED) is 0.427. The molecule has 3 rings (SSSR count). The largest absolute Gasteiger partial charge is 0.459 e. The van der Waals surface area contributed by atoms with Crippen molar-refractivity contribution in [2.45, 2.75) is 25.1 Å². The van der Waals surface area contributed by atoms with Crippen molar-refractivity contribution in [2.75, 3.05) is 12.0 Å². The number of ether oxygens (including phenoxy) is 1. The summed E-state index contributed by atoms with van der Waals surface area (Å²) in [4.78, 5) is 22.5.